The molecule has 21 heavy (non-hydrogen) atoms. The molecule has 7 heteroatoms. The summed E-state index contributed by atoms with van der Waals surface area (Å²) in [5.41, 5.74) is 6.89. The lowest BCUT2D eigenvalue weighted by atomic mass is 10.3. The molecule has 0 bridgehead atoms. The van der Waals surface area contributed by atoms with Crippen LogP contribution in [0.2, 0.25) is 0 Å². The number of amides is 1. The zero-order valence-electron chi connectivity index (χ0n) is 11.9. The van der Waals surface area contributed by atoms with Crippen LogP contribution in [-0.2, 0) is 0 Å². The monoisotopic (exact) mass is 323 g/mol. The number of thiazole rings is 1. The first-order valence-electron chi connectivity index (χ1n) is 6.61. The van der Waals surface area contributed by atoms with E-state index in [1.807, 2.05) is 38.1 Å². The fourth-order valence-electron chi connectivity index (χ4n) is 1.89. The van der Waals surface area contributed by atoms with Crippen LogP contribution >= 0.6 is 23.6 Å². The molecule has 1 aromatic heterocycles. The summed E-state index contributed by atoms with van der Waals surface area (Å²) < 4.78 is 7.64. The Morgan fingerprint density at radius 2 is 2.05 bits per heavy atom. The molecule has 0 aliphatic heterocycles. The van der Waals surface area contributed by atoms with Gasteiger partial charge in [-0.1, -0.05) is 11.3 Å². The smallest absolute Gasteiger partial charge is 0.265 e. The molecular formula is C14H17N3O2S2. The average Bonchev–Trinajstić information content (AvgIpc) is 2.76. The van der Waals surface area contributed by atoms with E-state index in [9.17, 15) is 4.79 Å². The molecule has 0 atom stereocenters. The minimum Gasteiger partial charge on any atom is -0.494 e. The Kier molecular flexibility index (Phi) is 4.98. The molecule has 0 aliphatic carbocycles. The van der Waals surface area contributed by atoms with Crippen LogP contribution in [0.25, 0.3) is 5.69 Å². The highest BCUT2D eigenvalue weighted by Crippen LogP contribution is 2.27. The number of ether oxygens (including phenoxy) is 1. The van der Waals surface area contributed by atoms with E-state index in [4.69, 9.17) is 22.7 Å². The number of nitrogens with zero attached hydrogens (tertiary/aromatic N) is 1. The summed E-state index contributed by atoms with van der Waals surface area (Å²) in [6, 6.07) is 7.43. The van der Waals surface area contributed by atoms with E-state index in [0.717, 1.165) is 11.4 Å². The summed E-state index contributed by atoms with van der Waals surface area (Å²) in [6.45, 7) is 4.95. The number of nitrogens with one attached hydrogen (secondary N) is 1. The quantitative estimate of drug-likeness (QED) is 0.830. The second kappa shape index (κ2) is 6.73. The highest BCUT2D eigenvalue weighted by atomic mass is 32.1. The van der Waals surface area contributed by atoms with Crippen molar-refractivity contribution >= 4 is 35.3 Å². The third-order valence-electron chi connectivity index (χ3n) is 2.79. The fraction of sp³-hybridized carbons (Fsp3) is 0.286. The van der Waals surface area contributed by atoms with Gasteiger partial charge >= 0.3 is 0 Å². The molecule has 0 aliphatic rings. The molecule has 1 heterocycles. The van der Waals surface area contributed by atoms with Gasteiger partial charge in [-0.2, -0.15) is 0 Å². The van der Waals surface area contributed by atoms with Crippen LogP contribution in [0, 0.1) is 3.95 Å². The molecule has 2 aromatic rings. The summed E-state index contributed by atoms with van der Waals surface area (Å²) in [7, 11) is 0. The third-order valence-corrected chi connectivity index (χ3v) is 4.18. The summed E-state index contributed by atoms with van der Waals surface area (Å²) in [4.78, 5) is 12.4. The molecule has 1 aromatic carbocycles. The standard InChI is InChI=1S/C14H17N3O2S2/c1-3-16-13(18)11-12(15)17(14(20)21-11)9-5-7-10(8-6-9)19-4-2/h5-8H,3-4,15H2,1-2H3,(H,16,18). The molecule has 0 unspecified atom stereocenters. The zero-order valence-corrected chi connectivity index (χ0v) is 13.5. The Labute approximate surface area is 132 Å². The number of nitrogens with two attached hydrogens (primary N) is 1. The SMILES string of the molecule is CCNC(=O)c1sc(=S)n(-c2ccc(OCC)cc2)c1N. The number of aromatic nitrogens is 1. The second-order valence-corrected chi connectivity index (χ2v) is 5.85. The van der Waals surface area contributed by atoms with Gasteiger partial charge in [0, 0.05) is 12.2 Å². The van der Waals surface area contributed by atoms with E-state index < -0.39 is 0 Å². The van der Waals surface area contributed by atoms with Crippen molar-refractivity contribution in [2.45, 2.75) is 13.8 Å². The highest BCUT2D eigenvalue weighted by Gasteiger charge is 2.17. The van der Waals surface area contributed by atoms with Gasteiger partial charge in [-0.15, -0.1) is 0 Å². The predicted molar refractivity (Wildman–Crippen MR) is 88.1 cm³/mol. The predicted octanol–water partition coefficient (Wildman–Crippen LogP) is 3.00. The van der Waals surface area contributed by atoms with Crippen LogP contribution in [0.4, 0.5) is 5.82 Å². The first-order valence-corrected chi connectivity index (χ1v) is 7.83. The van der Waals surface area contributed by atoms with Gasteiger partial charge in [0.05, 0.1) is 6.61 Å². The zero-order chi connectivity index (χ0) is 15.4. The maximum Gasteiger partial charge on any atom is 0.265 e. The van der Waals surface area contributed by atoms with Gasteiger partial charge in [-0.3, -0.25) is 9.36 Å². The van der Waals surface area contributed by atoms with Crippen molar-refractivity contribution in [1.82, 2.24) is 9.88 Å². The maximum atomic E-state index is 11.9. The van der Waals surface area contributed by atoms with E-state index in [0.29, 0.717) is 27.8 Å². The normalized spacial score (nSPS) is 10.4. The van der Waals surface area contributed by atoms with E-state index >= 15 is 0 Å². The van der Waals surface area contributed by atoms with Crippen molar-refractivity contribution in [3.05, 3.63) is 33.1 Å². The number of carbonyl (C=O) groups is 1. The molecule has 0 spiro atoms. The van der Waals surface area contributed by atoms with Crippen LogP contribution < -0.4 is 15.8 Å². The first-order chi connectivity index (χ1) is 10.1. The molecule has 2 rings (SSSR count). The molecule has 0 fully saturated rings. The Morgan fingerprint density at radius 1 is 1.38 bits per heavy atom. The van der Waals surface area contributed by atoms with Gasteiger partial charge in [-0.25, -0.2) is 0 Å². The number of anilines is 1. The lowest BCUT2D eigenvalue weighted by molar-refractivity contribution is 0.0960. The van der Waals surface area contributed by atoms with Crippen molar-refractivity contribution in [3.63, 3.8) is 0 Å². The van der Waals surface area contributed by atoms with Gasteiger partial charge in [-0.05, 0) is 50.3 Å². The van der Waals surface area contributed by atoms with Gasteiger partial charge < -0.3 is 15.8 Å². The number of hydrogen-bond acceptors (Lipinski definition) is 5. The molecule has 112 valence electrons. The van der Waals surface area contributed by atoms with Crippen molar-refractivity contribution in [3.8, 4) is 11.4 Å². The van der Waals surface area contributed by atoms with Crippen LogP contribution in [0.1, 0.15) is 23.5 Å². The van der Waals surface area contributed by atoms with Crippen LogP contribution in [0.15, 0.2) is 24.3 Å². The van der Waals surface area contributed by atoms with Gasteiger partial charge in [0.1, 0.15) is 16.4 Å². The number of benzene rings is 1. The molecular weight excluding hydrogens is 306 g/mol. The molecule has 0 radical (unpaired) electrons. The van der Waals surface area contributed by atoms with E-state index in [-0.39, 0.29) is 5.91 Å². The van der Waals surface area contributed by atoms with Crippen molar-refractivity contribution < 1.29 is 9.53 Å². The van der Waals surface area contributed by atoms with E-state index in [2.05, 4.69) is 5.32 Å². The number of hydrogen-bond donors (Lipinski definition) is 2. The minimum absolute atomic E-state index is 0.198. The lowest BCUT2D eigenvalue weighted by Crippen LogP contribution is -2.22. The summed E-state index contributed by atoms with van der Waals surface area (Å²) in [5, 5.41) is 2.73. The Morgan fingerprint density at radius 3 is 2.62 bits per heavy atom. The Bertz CT molecular complexity index is 689. The second-order valence-electron chi connectivity index (χ2n) is 4.20. The largest absolute Gasteiger partial charge is 0.494 e. The molecule has 1 amide bonds. The number of carbonyl (C=O) groups excluding carboxylic acids is 1. The lowest BCUT2D eigenvalue weighted by Gasteiger charge is -2.08. The topological polar surface area (TPSA) is 69.3 Å². The van der Waals surface area contributed by atoms with Gasteiger partial charge in [0.2, 0.25) is 0 Å². The van der Waals surface area contributed by atoms with Crippen LogP contribution in [0.5, 0.6) is 5.75 Å². The number of nitrogen functional groups attached to an aromatic ring is 1. The van der Waals surface area contributed by atoms with Crippen molar-refractivity contribution in [2.24, 2.45) is 0 Å². The Balaban J connectivity index is 2.40. The molecule has 0 saturated carbocycles. The molecule has 5 nitrogen and oxygen atoms in total. The van der Waals surface area contributed by atoms with Crippen molar-refractivity contribution in [1.29, 1.82) is 0 Å². The maximum absolute atomic E-state index is 11.9. The van der Waals surface area contributed by atoms with Crippen molar-refractivity contribution in [2.75, 3.05) is 18.9 Å². The summed E-state index contributed by atoms with van der Waals surface area (Å²) >= 11 is 6.53. The van der Waals surface area contributed by atoms with Crippen LogP contribution in [-0.4, -0.2) is 23.6 Å². The summed E-state index contributed by atoms with van der Waals surface area (Å²) in [5.74, 6) is 0.946. The minimum atomic E-state index is -0.198. The van der Waals surface area contributed by atoms with E-state index in [1.54, 1.807) is 4.57 Å². The third kappa shape index (κ3) is 3.25. The van der Waals surface area contributed by atoms with E-state index in [1.165, 1.54) is 11.3 Å². The molecule has 0 saturated heterocycles. The summed E-state index contributed by atoms with van der Waals surface area (Å²) in [6.07, 6.45) is 0. The number of rotatable bonds is 5. The Hall–Kier alpha value is -1.86. The van der Waals surface area contributed by atoms with Gasteiger partial charge in [0.15, 0.2) is 3.95 Å². The van der Waals surface area contributed by atoms with Crippen LogP contribution in [0.3, 0.4) is 0 Å². The highest BCUT2D eigenvalue weighted by molar-refractivity contribution is 7.73. The van der Waals surface area contributed by atoms with Gasteiger partial charge in [0.25, 0.3) is 5.91 Å². The first kappa shape index (κ1) is 15.5. The average molecular weight is 323 g/mol. The molecule has 3 N–H and O–H groups in total. The fourth-order valence-corrected chi connectivity index (χ4v) is 3.18.